The largest absolute Gasteiger partial charge is 0.325 e. The molecular formula is C14H26N2OS. The Balaban J connectivity index is 1.81. The van der Waals surface area contributed by atoms with Gasteiger partial charge in [0.15, 0.2) is 0 Å². The quantitative estimate of drug-likeness (QED) is 0.787. The maximum atomic E-state index is 12.4. The van der Waals surface area contributed by atoms with Crippen molar-refractivity contribution in [3.63, 3.8) is 0 Å². The third kappa shape index (κ3) is 3.81. The number of thioether (sulfide) groups is 1. The molecule has 0 aromatic carbocycles. The van der Waals surface area contributed by atoms with Crippen molar-refractivity contribution < 1.29 is 4.79 Å². The topological polar surface area (TPSA) is 23.6 Å². The van der Waals surface area contributed by atoms with Gasteiger partial charge >= 0.3 is 6.03 Å². The van der Waals surface area contributed by atoms with E-state index in [1.54, 1.807) is 0 Å². The van der Waals surface area contributed by atoms with Crippen LogP contribution in [0.3, 0.4) is 0 Å². The molecule has 0 saturated carbocycles. The summed E-state index contributed by atoms with van der Waals surface area (Å²) in [5.41, 5.74) is 0. The minimum atomic E-state index is 0.306. The molecular weight excluding hydrogens is 244 g/mol. The Morgan fingerprint density at radius 3 is 2.56 bits per heavy atom. The first-order chi connectivity index (χ1) is 8.81. The summed E-state index contributed by atoms with van der Waals surface area (Å²) in [6, 6.07) is 0.306. The van der Waals surface area contributed by atoms with Gasteiger partial charge in [-0.3, -0.25) is 0 Å². The summed E-state index contributed by atoms with van der Waals surface area (Å²) in [6.07, 6.45) is 6.16. The molecule has 104 valence electrons. The fourth-order valence-corrected chi connectivity index (χ4v) is 3.79. The molecule has 0 bridgehead atoms. The van der Waals surface area contributed by atoms with E-state index in [4.69, 9.17) is 0 Å². The van der Waals surface area contributed by atoms with Crippen LogP contribution in [-0.2, 0) is 0 Å². The van der Waals surface area contributed by atoms with Crippen molar-refractivity contribution in [1.29, 1.82) is 0 Å². The first-order valence-corrected chi connectivity index (χ1v) is 8.58. The van der Waals surface area contributed by atoms with Gasteiger partial charge in [0.2, 0.25) is 0 Å². The van der Waals surface area contributed by atoms with E-state index in [9.17, 15) is 4.79 Å². The van der Waals surface area contributed by atoms with Crippen molar-refractivity contribution in [2.24, 2.45) is 5.92 Å². The van der Waals surface area contributed by atoms with Gasteiger partial charge in [0.05, 0.1) is 0 Å². The van der Waals surface area contributed by atoms with E-state index < -0.39 is 0 Å². The van der Waals surface area contributed by atoms with Crippen LogP contribution < -0.4 is 0 Å². The Labute approximate surface area is 115 Å². The Morgan fingerprint density at radius 1 is 1.11 bits per heavy atom. The average Bonchev–Trinajstić information content (AvgIpc) is 2.45. The normalized spacial score (nSPS) is 25.3. The number of amides is 2. The fourth-order valence-electron chi connectivity index (χ4n) is 2.94. The minimum absolute atomic E-state index is 0.306. The van der Waals surface area contributed by atoms with Crippen LogP contribution in [0.25, 0.3) is 0 Å². The number of rotatable bonds is 3. The number of likely N-dealkylation sites (tertiary alicyclic amines) is 2. The van der Waals surface area contributed by atoms with Crippen LogP contribution in [0.1, 0.15) is 39.0 Å². The maximum absolute atomic E-state index is 12.4. The zero-order chi connectivity index (χ0) is 12.8. The number of carbonyl (C=O) groups is 1. The SMILES string of the molecule is CCSCC1CCCN(C(=O)N2CCCCC2)C1. The molecule has 18 heavy (non-hydrogen) atoms. The van der Waals surface area contributed by atoms with Crippen molar-refractivity contribution in [3.05, 3.63) is 0 Å². The van der Waals surface area contributed by atoms with Crippen molar-refractivity contribution in [2.75, 3.05) is 37.7 Å². The second kappa shape index (κ2) is 7.27. The summed E-state index contributed by atoms with van der Waals surface area (Å²) < 4.78 is 0. The van der Waals surface area contributed by atoms with Crippen LogP contribution in [0.15, 0.2) is 0 Å². The lowest BCUT2D eigenvalue weighted by Crippen LogP contribution is -2.49. The highest BCUT2D eigenvalue weighted by Gasteiger charge is 2.27. The molecule has 4 heteroatoms. The van der Waals surface area contributed by atoms with Gasteiger partial charge in [-0.15, -0.1) is 0 Å². The Morgan fingerprint density at radius 2 is 1.83 bits per heavy atom. The molecule has 2 amide bonds. The lowest BCUT2D eigenvalue weighted by atomic mass is 10.0. The van der Waals surface area contributed by atoms with Crippen LogP contribution >= 0.6 is 11.8 Å². The molecule has 2 saturated heterocycles. The molecule has 0 radical (unpaired) electrons. The molecule has 1 unspecified atom stereocenters. The molecule has 0 N–H and O–H groups in total. The second-order valence-electron chi connectivity index (χ2n) is 5.44. The van der Waals surface area contributed by atoms with Crippen LogP contribution in [0, 0.1) is 5.92 Å². The standard InChI is InChI=1S/C14H26N2OS/c1-2-18-12-13-7-6-10-16(11-13)14(17)15-8-4-3-5-9-15/h13H,2-12H2,1H3. The highest BCUT2D eigenvalue weighted by molar-refractivity contribution is 7.99. The summed E-state index contributed by atoms with van der Waals surface area (Å²) in [6.45, 7) is 6.13. The minimum Gasteiger partial charge on any atom is -0.325 e. The maximum Gasteiger partial charge on any atom is 0.320 e. The van der Waals surface area contributed by atoms with Crippen molar-refractivity contribution in [1.82, 2.24) is 9.80 Å². The summed E-state index contributed by atoms with van der Waals surface area (Å²) in [7, 11) is 0. The highest BCUT2D eigenvalue weighted by Crippen LogP contribution is 2.22. The molecule has 2 aliphatic rings. The fraction of sp³-hybridized carbons (Fsp3) is 0.929. The van der Waals surface area contributed by atoms with Crippen molar-refractivity contribution >= 4 is 17.8 Å². The van der Waals surface area contributed by atoms with Gasteiger partial charge in [-0.05, 0) is 49.5 Å². The molecule has 0 spiro atoms. The van der Waals surface area contributed by atoms with Gasteiger partial charge in [0.25, 0.3) is 0 Å². The summed E-state index contributed by atoms with van der Waals surface area (Å²) in [5, 5.41) is 0. The van der Waals surface area contributed by atoms with Crippen LogP contribution in [0.4, 0.5) is 4.79 Å². The van der Waals surface area contributed by atoms with Gasteiger partial charge in [-0.25, -0.2) is 4.79 Å². The Bertz CT molecular complexity index is 267. The Hall–Kier alpha value is -0.380. The van der Waals surface area contributed by atoms with Crippen LogP contribution in [0.5, 0.6) is 0 Å². The summed E-state index contributed by atoms with van der Waals surface area (Å²) in [5.74, 6) is 3.13. The van der Waals surface area contributed by atoms with Gasteiger partial charge in [0, 0.05) is 26.2 Å². The average molecular weight is 270 g/mol. The van der Waals surface area contributed by atoms with Crippen LogP contribution in [-0.4, -0.2) is 53.5 Å². The molecule has 2 fully saturated rings. The predicted octanol–water partition coefficient (Wildman–Crippen LogP) is 3.06. The summed E-state index contributed by atoms with van der Waals surface area (Å²) in [4.78, 5) is 16.6. The number of hydrogen-bond acceptors (Lipinski definition) is 2. The zero-order valence-corrected chi connectivity index (χ0v) is 12.4. The molecule has 2 aliphatic heterocycles. The third-order valence-corrected chi connectivity index (χ3v) is 5.09. The van der Waals surface area contributed by atoms with Crippen LogP contribution in [0.2, 0.25) is 0 Å². The second-order valence-corrected chi connectivity index (χ2v) is 6.76. The first kappa shape index (κ1) is 14.0. The predicted molar refractivity (Wildman–Crippen MR) is 78.1 cm³/mol. The monoisotopic (exact) mass is 270 g/mol. The number of piperidine rings is 2. The van der Waals surface area contributed by atoms with Crippen molar-refractivity contribution in [2.45, 2.75) is 39.0 Å². The molecule has 2 rings (SSSR count). The zero-order valence-electron chi connectivity index (χ0n) is 11.6. The number of hydrogen-bond donors (Lipinski definition) is 0. The van der Waals surface area contributed by atoms with E-state index in [2.05, 4.69) is 16.7 Å². The molecule has 3 nitrogen and oxygen atoms in total. The van der Waals surface area contributed by atoms with Gasteiger partial charge in [0.1, 0.15) is 0 Å². The lowest BCUT2D eigenvalue weighted by Gasteiger charge is -2.37. The van der Waals surface area contributed by atoms with Gasteiger partial charge in [-0.1, -0.05) is 6.92 Å². The van der Waals surface area contributed by atoms with E-state index >= 15 is 0 Å². The van der Waals surface area contributed by atoms with E-state index in [1.165, 1.54) is 43.6 Å². The highest BCUT2D eigenvalue weighted by atomic mass is 32.2. The van der Waals surface area contributed by atoms with E-state index in [0.717, 1.165) is 32.1 Å². The third-order valence-electron chi connectivity index (χ3n) is 3.97. The van der Waals surface area contributed by atoms with E-state index in [-0.39, 0.29) is 0 Å². The molecule has 0 aromatic rings. The van der Waals surface area contributed by atoms with Gasteiger partial charge in [-0.2, -0.15) is 11.8 Å². The lowest BCUT2D eigenvalue weighted by molar-refractivity contribution is 0.124. The van der Waals surface area contributed by atoms with E-state index in [1.807, 2.05) is 11.8 Å². The molecule has 0 aliphatic carbocycles. The molecule has 1 atom stereocenters. The van der Waals surface area contributed by atoms with Gasteiger partial charge < -0.3 is 9.80 Å². The van der Waals surface area contributed by atoms with Crippen molar-refractivity contribution in [3.8, 4) is 0 Å². The number of carbonyl (C=O) groups excluding carboxylic acids is 1. The summed E-state index contributed by atoms with van der Waals surface area (Å²) >= 11 is 2.01. The smallest absolute Gasteiger partial charge is 0.320 e. The number of urea groups is 1. The van der Waals surface area contributed by atoms with E-state index in [0.29, 0.717) is 6.03 Å². The molecule has 0 aromatic heterocycles. The number of nitrogens with zero attached hydrogens (tertiary/aromatic N) is 2. The molecule has 2 heterocycles. The first-order valence-electron chi connectivity index (χ1n) is 7.43. The Kier molecular flexibility index (Phi) is 5.67.